The first kappa shape index (κ1) is 16.0. The molecule has 2 aromatic rings. The summed E-state index contributed by atoms with van der Waals surface area (Å²) < 4.78 is 1.87. The standard InChI is InChI=1S/C16H20N6O2/c1-3-22-9-18-21-14(22)8-17-16(24)19-10(2)11-4-5-13-12(6-11)7-15(23)20-13/h4-6,9-10H,3,7-8H2,1-2H3,(H,20,23)(H2,17,19,24)/t10-/m0/s1. The highest BCUT2D eigenvalue weighted by Gasteiger charge is 2.19. The van der Waals surface area contributed by atoms with E-state index in [1.165, 1.54) is 0 Å². The van der Waals surface area contributed by atoms with E-state index in [1.54, 1.807) is 6.33 Å². The number of urea groups is 1. The topological polar surface area (TPSA) is 101 Å². The second-order valence-electron chi connectivity index (χ2n) is 5.72. The molecular formula is C16H20N6O2. The highest BCUT2D eigenvalue weighted by molar-refractivity contribution is 5.99. The normalized spacial score (nSPS) is 14.0. The van der Waals surface area contributed by atoms with Crippen molar-refractivity contribution in [2.75, 3.05) is 5.32 Å². The number of fused-ring (bicyclic) bond motifs is 1. The van der Waals surface area contributed by atoms with Gasteiger partial charge in [-0.25, -0.2) is 4.79 Å². The van der Waals surface area contributed by atoms with Crippen molar-refractivity contribution in [3.63, 3.8) is 0 Å². The Balaban J connectivity index is 1.56. The van der Waals surface area contributed by atoms with E-state index in [-0.39, 0.29) is 18.0 Å². The maximum atomic E-state index is 12.1. The molecule has 3 amide bonds. The highest BCUT2D eigenvalue weighted by atomic mass is 16.2. The van der Waals surface area contributed by atoms with E-state index < -0.39 is 0 Å². The van der Waals surface area contributed by atoms with Gasteiger partial charge in [0.05, 0.1) is 19.0 Å². The predicted molar refractivity (Wildman–Crippen MR) is 88.3 cm³/mol. The van der Waals surface area contributed by atoms with Gasteiger partial charge in [0.1, 0.15) is 6.33 Å². The molecule has 0 aliphatic carbocycles. The SMILES string of the molecule is CCn1cnnc1CNC(=O)N[C@@H](C)c1ccc2c(c1)CC(=O)N2. The molecule has 24 heavy (non-hydrogen) atoms. The average Bonchev–Trinajstić information content (AvgIpc) is 3.16. The van der Waals surface area contributed by atoms with Gasteiger partial charge in [0.15, 0.2) is 5.82 Å². The van der Waals surface area contributed by atoms with Gasteiger partial charge in [0.2, 0.25) is 5.91 Å². The summed E-state index contributed by atoms with van der Waals surface area (Å²) >= 11 is 0. The average molecular weight is 328 g/mol. The number of rotatable bonds is 5. The third kappa shape index (κ3) is 3.37. The first-order chi connectivity index (χ1) is 11.6. The second-order valence-corrected chi connectivity index (χ2v) is 5.72. The maximum absolute atomic E-state index is 12.1. The number of hydrogen-bond acceptors (Lipinski definition) is 4. The van der Waals surface area contributed by atoms with Crippen LogP contribution in [0.25, 0.3) is 0 Å². The Morgan fingerprint density at radius 1 is 1.46 bits per heavy atom. The molecule has 3 N–H and O–H groups in total. The van der Waals surface area contributed by atoms with E-state index in [9.17, 15) is 9.59 Å². The molecule has 0 saturated heterocycles. The summed E-state index contributed by atoms with van der Waals surface area (Å²) in [5.74, 6) is 0.711. The van der Waals surface area contributed by atoms with Crippen LogP contribution in [0.5, 0.6) is 0 Å². The Kier molecular flexibility index (Phi) is 4.45. The van der Waals surface area contributed by atoms with E-state index in [0.29, 0.717) is 18.8 Å². The van der Waals surface area contributed by atoms with E-state index in [1.807, 2.05) is 36.6 Å². The zero-order chi connectivity index (χ0) is 17.1. The van der Waals surface area contributed by atoms with Gasteiger partial charge in [-0.15, -0.1) is 10.2 Å². The predicted octanol–water partition coefficient (Wildman–Crippen LogP) is 1.35. The van der Waals surface area contributed by atoms with Gasteiger partial charge < -0.3 is 20.5 Å². The van der Waals surface area contributed by atoms with Crippen molar-refractivity contribution in [3.05, 3.63) is 41.5 Å². The second kappa shape index (κ2) is 6.69. The molecule has 8 nitrogen and oxygen atoms in total. The van der Waals surface area contributed by atoms with Crippen LogP contribution in [-0.4, -0.2) is 26.7 Å². The summed E-state index contributed by atoms with van der Waals surface area (Å²) in [7, 11) is 0. The minimum absolute atomic E-state index is 0.000501. The number of carbonyl (C=O) groups excluding carboxylic acids is 2. The van der Waals surface area contributed by atoms with Crippen LogP contribution in [0.4, 0.5) is 10.5 Å². The van der Waals surface area contributed by atoms with Crippen LogP contribution in [0, 0.1) is 0 Å². The Morgan fingerprint density at radius 3 is 3.08 bits per heavy atom. The minimum Gasteiger partial charge on any atom is -0.332 e. The lowest BCUT2D eigenvalue weighted by Gasteiger charge is -2.16. The fourth-order valence-electron chi connectivity index (χ4n) is 2.69. The lowest BCUT2D eigenvalue weighted by Crippen LogP contribution is -2.37. The molecule has 0 spiro atoms. The largest absolute Gasteiger partial charge is 0.332 e. The molecule has 2 heterocycles. The summed E-state index contributed by atoms with van der Waals surface area (Å²) in [6.07, 6.45) is 2.02. The number of carbonyl (C=O) groups is 2. The lowest BCUT2D eigenvalue weighted by atomic mass is 10.0. The van der Waals surface area contributed by atoms with E-state index in [2.05, 4.69) is 26.1 Å². The Labute approximate surface area is 139 Å². The van der Waals surface area contributed by atoms with Crippen molar-refractivity contribution in [2.24, 2.45) is 0 Å². The third-order valence-electron chi connectivity index (χ3n) is 4.05. The molecule has 0 radical (unpaired) electrons. The van der Waals surface area contributed by atoms with Crippen LogP contribution in [-0.2, 0) is 24.3 Å². The number of nitrogens with zero attached hydrogens (tertiary/aromatic N) is 3. The molecule has 0 fully saturated rings. The number of amides is 3. The minimum atomic E-state index is -0.275. The van der Waals surface area contributed by atoms with Crippen LogP contribution >= 0.6 is 0 Å². The van der Waals surface area contributed by atoms with Gasteiger partial charge in [-0.1, -0.05) is 12.1 Å². The molecule has 1 aliphatic rings. The van der Waals surface area contributed by atoms with Crippen molar-refractivity contribution in [3.8, 4) is 0 Å². The number of nitrogens with one attached hydrogen (secondary N) is 3. The molecule has 0 bridgehead atoms. The summed E-state index contributed by atoms with van der Waals surface area (Å²) in [6, 6.07) is 5.28. The smallest absolute Gasteiger partial charge is 0.315 e. The Hall–Kier alpha value is -2.90. The van der Waals surface area contributed by atoms with Crippen molar-refractivity contribution in [1.82, 2.24) is 25.4 Å². The number of aryl methyl sites for hydroxylation is 1. The quantitative estimate of drug-likeness (QED) is 0.771. The van der Waals surface area contributed by atoms with Crippen molar-refractivity contribution in [2.45, 2.75) is 39.4 Å². The molecule has 1 aromatic heterocycles. The molecule has 1 aliphatic heterocycles. The van der Waals surface area contributed by atoms with Crippen molar-refractivity contribution in [1.29, 1.82) is 0 Å². The van der Waals surface area contributed by atoms with Gasteiger partial charge >= 0.3 is 6.03 Å². The fourth-order valence-corrected chi connectivity index (χ4v) is 2.69. The number of anilines is 1. The van der Waals surface area contributed by atoms with Crippen LogP contribution in [0.15, 0.2) is 24.5 Å². The number of aromatic nitrogens is 3. The molecule has 126 valence electrons. The van der Waals surface area contributed by atoms with Crippen LogP contribution in [0.1, 0.15) is 36.8 Å². The highest BCUT2D eigenvalue weighted by Crippen LogP contribution is 2.26. The molecule has 0 unspecified atom stereocenters. The summed E-state index contributed by atoms with van der Waals surface area (Å²) in [5, 5.41) is 16.3. The van der Waals surface area contributed by atoms with Crippen LogP contribution in [0.2, 0.25) is 0 Å². The monoisotopic (exact) mass is 328 g/mol. The van der Waals surface area contributed by atoms with Crippen LogP contribution in [0.3, 0.4) is 0 Å². The molecule has 1 aromatic carbocycles. The first-order valence-corrected chi connectivity index (χ1v) is 7.90. The zero-order valence-corrected chi connectivity index (χ0v) is 13.7. The maximum Gasteiger partial charge on any atom is 0.315 e. The van der Waals surface area contributed by atoms with Crippen LogP contribution < -0.4 is 16.0 Å². The van der Waals surface area contributed by atoms with Gasteiger partial charge in [-0.05, 0) is 31.0 Å². The first-order valence-electron chi connectivity index (χ1n) is 7.90. The molecule has 8 heteroatoms. The number of benzene rings is 1. The van der Waals surface area contributed by atoms with E-state index in [4.69, 9.17) is 0 Å². The molecule has 0 saturated carbocycles. The molecule has 3 rings (SSSR count). The molecule has 1 atom stereocenters. The van der Waals surface area contributed by atoms with Crippen molar-refractivity contribution >= 4 is 17.6 Å². The van der Waals surface area contributed by atoms with E-state index >= 15 is 0 Å². The summed E-state index contributed by atoms with van der Waals surface area (Å²) in [6.45, 7) is 4.96. The summed E-state index contributed by atoms with van der Waals surface area (Å²) in [4.78, 5) is 23.5. The van der Waals surface area contributed by atoms with E-state index in [0.717, 1.165) is 23.4 Å². The van der Waals surface area contributed by atoms with Gasteiger partial charge in [0, 0.05) is 12.2 Å². The van der Waals surface area contributed by atoms with Gasteiger partial charge in [-0.2, -0.15) is 0 Å². The summed E-state index contributed by atoms with van der Waals surface area (Å²) in [5.41, 5.74) is 2.76. The zero-order valence-electron chi connectivity index (χ0n) is 13.7. The molecular weight excluding hydrogens is 308 g/mol. The van der Waals surface area contributed by atoms with Gasteiger partial charge in [-0.3, -0.25) is 4.79 Å². The van der Waals surface area contributed by atoms with Crippen molar-refractivity contribution < 1.29 is 9.59 Å². The Bertz CT molecular complexity index is 770. The lowest BCUT2D eigenvalue weighted by molar-refractivity contribution is -0.115. The third-order valence-corrected chi connectivity index (χ3v) is 4.05. The Morgan fingerprint density at radius 2 is 2.29 bits per heavy atom. The fraction of sp³-hybridized carbons (Fsp3) is 0.375. The number of hydrogen-bond donors (Lipinski definition) is 3. The van der Waals surface area contributed by atoms with Gasteiger partial charge in [0.25, 0.3) is 0 Å².